The second kappa shape index (κ2) is 9.15. The number of carbonyl (C=O) groups is 1. The van der Waals surface area contributed by atoms with Gasteiger partial charge in [0.1, 0.15) is 5.75 Å². The highest BCUT2D eigenvalue weighted by Gasteiger charge is 2.40. The molecule has 3 atom stereocenters. The molecule has 4 nitrogen and oxygen atoms in total. The summed E-state index contributed by atoms with van der Waals surface area (Å²) in [6.07, 6.45) is 7.25. The van der Waals surface area contributed by atoms with E-state index in [0.717, 1.165) is 18.6 Å². The second-order valence-electron chi connectivity index (χ2n) is 7.15. The van der Waals surface area contributed by atoms with Crippen LogP contribution in [0, 0.1) is 11.8 Å². The van der Waals surface area contributed by atoms with Crippen LogP contribution in [0.2, 0.25) is 0 Å². The molecule has 2 saturated carbocycles. The van der Waals surface area contributed by atoms with Gasteiger partial charge in [0.2, 0.25) is 0 Å². The number of hydrogen-bond acceptors (Lipinski definition) is 4. The average Bonchev–Trinajstić information content (AvgIpc) is 2.56. The number of amides is 1. The third kappa shape index (κ3) is 5.05. The molecule has 1 amide bonds. The molecule has 140 valence electrons. The monoisotopic (exact) mass is 384 g/mol. The number of nitrogens with two attached hydrogens (primary N) is 1. The van der Waals surface area contributed by atoms with Crippen LogP contribution >= 0.6 is 24.2 Å². The Hall–Kier alpha value is -0.910. The highest BCUT2D eigenvalue weighted by atomic mass is 35.5. The molecule has 6 heteroatoms. The number of nitrogens with one attached hydrogen (secondary N) is 1. The van der Waals surface area contributed by atoms with Crippen LogP contribution in [-0.4, -0.2) is 30.4 Å². The number of halogens is 1. The Morgan fingerprint density at radius 1 is 1.24 bits per heavy atom. The zero-order chi connectivity index (χ0) is 17.1. The van der Waals surface area contributed by atoms with Crippen LogP contribution in [0.15, 0.2) is 29.2 Å². The summed E-state index contributed by atoms with van der Waals surface area (Å²) in [4.78, 5) is 13.8. The molecule has 3 rings (SSSR count). The number of hydrogen-bond donors (Lipinski definition) is 2. The van der Waals surface area contributed by atoms with E-state index in [9.17, 15) is 4.79 Å². The number of rotatable bonds is 5. The van der Waals surface area contributed by atoms with Crippen LogP contribution in [0.4, 0.5) is 0 Å². The zero-order valence-corrected chi connectivity index (χ0v) is 16.6. The molecule has 2 fully saturated rings. The molecular formula is C19H29ClN2O2S. The zero-order valence-electron chi connectivity index (χ0n) is 14.9. The predicted molar refractivity (Wildman–Crippen MR) is 106 cm³/mol. The summed E-state index contributed by atoms with van der Waals surface area (Å²) >= 11 is 1.69. The van der Waals surface area contributed by atoms with Gasteiger partial charge in [-0.05, 0) is 75.0 Å². The number of ether oxygens (including phenoxy) is 1. The standard InChI is InChI=1S/C19H28N2O2S.ClH/c1-12(23-16-6-8-17(24-2)9-7-16)19(22)21-18-13-4-3-5-14(18)11-15(20)10-13;/h6-9,12-15,18H,3-5,10-11,20H2,1-2H3,(H,21,22);1H. The fourth-order valence-electron chi connectivity index (χ4n) is 4.22. The molecule has 0 aliphatic heterocycles. The van der Waals surface area contributed by atoms with E-state index in [1.165, 1.54) is 24.2 Å². The first kappa shape index (κ1) is 20.4. The van der Waals surface area contributed by atoms with Crippen molar-refractivity contribution in [3.8, 4) is 5.75 Å². The van der Waals surface area contributed by atoms with Gasteiger partial charge in [0.15, 0.2) is 6.10 Å². The van der Waals surface area contributed by atoms with Crippen molar-refractivity contribution in [2.45, 2.75) is 62.1 Å². The Morgan fingerprint density at radius 3 is 2.40 bits per heavy atom. The van der Waals surface area contributed by atoms with E-state index in [2.05, 4.69) is 5.32 Å². The summed E-state index contributed by atoms with van der Waals surface area (Å²) in [6, 6.07) is 8.44. The van der Waals surface area contributed by atoms with Gasteiger partial charge < -0.3 is 15.8 Å². The Morgan fingerprint density at radius 2 is 1.84 bits per heavy atom. The van der Waals surface area contributed by atoms with E-state index < -0.39 is 6.10 Å². The van der Waals surface area contributed by atoms with Crippen molar-refractivity contribution in [3.63, 3.8) is 0 Å². The molecule has 3 unspecified atom stereocenters. The van der Waals surface area contributed by atoms with Crippen LogP contribution in [0.25, 0.3) is 0 Å². The average molecular weight is 385 g/mol. The first-order chi connectivity index (χ1) is 11.6. The van der Waals surface area contributed by atoms with E-state index in [0.29, 0.717) is 17.9 Å². The first-order valence-corrected chi connectivity index (χ1v) is 10.2. The lowest BCUT2D eigenvalue weighted by Gasteiger charge is -2.45. The van der Waals surface area contributed by atoms with E-state index in [-0.39, 0.29) is 24.4 Å². The molecule has 0 spiro atoms. The van der Waals surface area contributed by atoms with Crippen molar-refractivity contribution in [2.75, 3.05) is 6.26 Å². The number of benzene rings is 1. The Balaban J connectivity index is 0.00000225. The summed E-state index contributed by atoms with van der Waals surface area (Å²) < 4.78 is 5.81. The summed E-state index contributed by atoms with van der Waals surface area (Å²) in [5.41, 5.74) is 6.16. The van der Waals surface area contributed by atoms with Gasteiger partial charge >= 0.3 is 0 Å². The van der Waals surface area contributed by atoms with Gasteiger partial charge in [-0.1, -0.05) is 6.42 Å². The summed E-state index contributed by atoms with van der Waals surface area (Å²) in [5, 5.41) is 3.26. The van der Waals surface area contributed by atoms with E-state index in [1.54, 1.807) is 11.8 Å². The third-order valence-corrected chi connectivity index (χ3v) is 6.17. The van der Waals surface area contributed by atoms with Crippen LogP contribution in [0.1, 0.15) is 39.0 Å². The normalized spacial score (nSPS) is 29.2. The van der Waals surface area contributed by atoms with Crippen molar-refractivity contribution in [1.82, 2.24) is 5.32 Å². The molecule has 0 aromatic heterocycles. The fraction of sp³-hybridized carbons (Fsp3) is 0.632. The molecule has 2 aliphatic carbocycles. The maximum atomic E-state index is 12.6. The molecule has 0 radical (unpaired) electrons. The van der Waals surface area contributed by atoms with Crippen LogP contribution < -0.4 is 15.8 Å². The summed E-state index contributed by atoms with van der Waals surface area (Å²) in [5.74, 6) is 1.79. The van der Waals surface area contributed by atoms with Crippen LogP contribution in [-0.2, 0) is 4.79 Å². The molecule has 25 heavy (non-hydrogen) atoms. The molecule has 1 aromatic rings. The minimum absolute atomic E-state index is 0. The lowest BCUT2D eigenvalue weighted by atomic mass is 9.67. The highest BCUT2D eigenvalue weighted by molar-refractivity contribution is 7.98. The van der Waals surface area contributed by atoms with Gasteiger partial charge in [-0.15, -0.1) is 24.2 Å². The lowest BCUT2D eigenvalue weighted by Crippen LogP contribution is -2.55. The smallest absolute Gasteiger partial charge is 0.261 e. The largest absolute Gasteiger partial charge is 0.481 e. The van der Waals surface area contributed by atoms with Gasteiger partial charge in [0.25, 0.3) is 5.91 Å². The van der Waals surface area contributed by atoms with Gasteiger partial charge in [-0.3, -0.25) is 4.79 Å². The predicted octanol–water partition coefficient (Wildman–Crippen LogP) is 3.62. The number of fused-ring (bicyclic) bond motifs is 2. The topological polar surface area (TPSA) is 64.3 Å². The third-order valence-electron chi connectivity index (χ3n) is 5.43. The molecule has 0 saturated heterocycles. The minimum Gasteiger partial charge on any atom is -0.481 e. The first-order valence-electron chi connectivity index (χ1n) is 8.93. The molecule has 1 aromatic carbocycles. The van der Waals surface area contributed by atoms with Gasteiger partial charge in [0.05, 0.1) is 0 Å². The molecule has 2 aliphatic rings. The SMILES string of the molecule is CSc1ccc(OC(C)C(=O)NC2C3CCCC2CC(N)C3)cc1.Cl. The molecular weight excluding hydrogens is 356 g/mol. The minimum atomic E-state index is -0.485. The lowest BCUT2D eigenvalue weighted by molar-refractivity contribution is -0.129. The van der Waals surface area contributed by atoms with Crippen molar-refractivity contribution >= 4 is 30.1 Å². The molecule has 0 heterocycles. The van der Waals surface area contributed by atoms with Crippen molar-refractivity contribution < 1.29 is 9.53 Å². The Labute approximate surface area is 161 Å². The van der Waals surface area contributed by atoms with E-state index >= 15 is 0 Å². The Bertz CT molecular complexity index is 555. The van der Waals surface area contributed by atoms with Crippen molar-refractivity contribution in [1.29, 1.82) is 0 Å². The van der Waals surface area contributed by atoms with Gasteiger partial charge in [-0.25, -0.2) is 0 Å². The van der Waals surface area contributed by atoms with Crippen LogP contribution in [0.5, 0.6) is 5.75 Å². The summed E-state index contributed by atoms with van der Waals surface area (Å²) in [7, 11) is 0. The van der Waals surface area contributed by atoms with Gasteiger partial charge in [-0.2, -0.15) is 0 Å². The van der Waals surface area contributed by atoms with Gasteiger partial charge in [0, 0.05) is 17.0 Å². The maximum absolute atomic E-state index is 12.6. The fourth-order valence-corrected chi connectivity index (χ4v) is 4.63. The molecule has 3 N–H and O–H groups in total. The maximum Gasteiger partial charge on any atom is 0.261 e. The Kier molecular flexibility index (Phi) is 7.47. The number of carbonyl (C=O) groups excluding carboxylic acids is 1. The quantitative estimate of drug-likeness (QED) is 0.761. The van der Waals surface area contributed by atoms with E-state index in [1.807, 2.05) is 37.4 Å². The van der Waals surface area contributed by atoms with E-state index in [4.69, 9.17) is 10.5 Å². The summed E-state index contributed by atoms with van der Waals surface area (Å²) in [6.45, 7) is 1.82. The van der Waals surface area contributed by atoms with Crippen molar-refractivity contribution in [2.24, 2.45) is 17.6 Å². The van der Waals surface area contributed by atoms with Crippen molar-refractivity contribution in [3.05, 3.63) is 24.3 Å². The number of thioether (sulfide) groups is 1. The highest BCUT2D eigenvalue weighted by Crippen LogP contribution is 2.39. The second-order valence-corrected chi connectivity index (χ2v) is 8.03. The van der Waals surface area contributed by atoms with Crippen LogP contribution in [0.3, 0.4) is 0 Å². The molecule has 2 bridgehead atoms.